The van der Waals surface area contributed by atoms with Crippen molar-refractivity contribution < 1.29 is 15.1 Å². The molecule has 1 unspecified atom stereocenters. The molecular formula is C17H18Br2N2O3. The number of benzene rings is 2. The van der Waals surface area contributed by atoms with Gasteiger partial charge in [-0.15, -0.1) is 0 Å². The molecule has 0 radical (unpaired) electrons. The van der Waals surface area contributed by atoms with Crippen LogP contribution in [0, 0.1) is 0 Å². The monoisotopic (exact) mass is 456 g/mol. The molecule has 1 atom stereocenters. The van der Waals surface area contributed by atoms with Gasteiger partial charge in [0, 0.05) is 11.1 Å². The Hall–Kier alpha value is -1.73. The third-order valence-corrected chi connectivity index (χ3v) is 4.94. The largest absolute Gasteiger partial charge is 0.508 e. The molecule has 7 heteroatoms. The molecule has 0 amide bonds. The number of nitrogens with two attached hydrogens (primary N) is 1. The van der Waals surface area contributed by atoms with Crippen LogP contribution in [-0.2, 0) is 0 Å². The molecule has 2 aromatic rings. The number of hydrogen-bond acceptors (Lipinski definition) is 4. The predicted octanol–water partition coefficient (Wildman–Crippen LogP) is 5.32. The fourth-order valence-electron chi connectivity index (χ4n) is 2.19. The highest BCUT2D eigenvalue weighted by atomic mass is 79.9. The maximum Gasteiger partial charge on any atom is 0.170 e. The smallest absolute Gasteiger partial charge is 0.170 e. The predicted molar refractivity (Wildman–Crippen MR) is 101 cm³/mol. The van der Waals surface area contributed by atoms with Crippen LogP contribution in [0.2, 0.25) is 0 Å². The van der Waals surface area contributed by atoms with E-state index in [0.717, 1.165) is 12.0 Å². The molecule has 0 aliphatic rings. The van der Waals surface area contributed by atoms with Crippen molar-refractivity contribution in [2.24, 2.45) is 10.9 Å². The zero-order valence-electron chi connectivity index (χ0n) is 13.3. The van der Waals surface area contributed by atoms with Crippen molar-refractivity contribution in [1.29, 1.82) is 0 Å². The van der Waals surface area contributed by atoms with Crippen molar-refractivity contribution >= 4 is 37.7 Å². The van der Waals surface area contributed by atoms with Crippen molar-refractivity contribution in [3.05, 3.63) is 50.4 Å². The Balaban J connectivity index is 2.38. The summed E-state index contributed by atoms with van der Waals surface area (Å²) >= 11 is 6.86. The topological polar surface area (TPSA) is 88.1 Å². The summed E-state index contributed by atoms with van der Waals surface area (Å²) in [5.41, 5.74) is 7.00. The molecule has 0 bridgehead atoms. The van der Waals surface area contributed by atoms with Gasteiger partial charge in [-0.1, -0.05) is 19.0 Å². The van der Waals surface area contributed by atoms with E-state index in [4.69, 9.17) is 15.7 Å². The Kier molecular flexibility index (Phi) is 6.12. The van der Waals surface area contributed by atoms with Gasteiger partial charge >= 0.3 is 0 Å². The minimum absolute atomic E-state index is 0.00615. The second kappa shape index (κ2) is 7.90. The molecule has 0 saturated carbocycles. The molecule has 0 aliphatic heterocycles. The Morgan fingerprint density at radius 3 is 2.42 bits per heavy atom. The summed E-state index contributed by atoms with van der Waals surface area (Å²) in [7, 11) is 0. The van der Waals surface area contributed by atoms with Gasteiger partial charge in [0.15, 0.2) is 11.6 Å². The van der Waals surface area contributed by atoms with Crippen molar-refractivity contribution in [3.8, 4) is 17.2 Å². The number of aromatic hydroxyl groups is 1. The zero-order valence-corrected chi connectivity index (χ0v) is 16.4. The molecule has 5 nitrogen and oxygen atoms in total. The molecule has 0 spiro atoms. The van der Waals surface area contributed by atoms with Crippen LogP contribution in [0.3, 0.4) is 0 Å². The van der Waals surface area contributed by atoms with E-state index in [0.29, 0.717) is 26.0 Å². The minimum Gasteiger partial charge on any atom is -0.508 e. The number of oxime groups is 1. The lowest BCUT2D eigenvalue weighted by molar-refractivity contribution is 0.318. The highest BCUT2D eigenvalue weighted by Gasteiger charge is 2.15. The lowest BCUT2D eigenvalue weighted by atomic mass is 9.97. The van der Waals surface area contributed by atoms with Gasteiger partial charge in [-0.25, -0.2) is 0 Å². The highest BCUT2D eigenvalue weighted by molar-refractivity contribution is 9.11. The molecule has 0 saturated heterocycles. The number of hydrogen-bond donors (Lipinski definition) is 3. The second-order valence-corrected chi connectivity index (χ2v) is 7.09. The van der Waals surface area contributed by atoms with Gasteiger partial charge in [0.05, 0.1) is 8.95 Å². The van der Waals surface area contributed by atoms with E-state index in [9.17, 15) is 5.11 Å². The van der Waals surface area contributed by atoms with Crippen LogP contribution in [-0.4, -0.2) is 16.1 Å². The van der Waals surface area contributed by atoms with E-state index < -0.39 is 0 Å². The zero-order chi connectivity index (χ0) is 17.9. The number of halogens is 2. The SMILES string of the molecule is CCC(C)c1cc(Oc2c(Br)cc(/C(N)=N/O)cc2Br)ccc1O. The van der Waals surface area contributed by atoms with Crippen molar-refractivity contribution in [1.82, 2.24) is 0 Å². The fourth-order valence-corrected chi connectivity index (χ4v) is 3.54. The number of phenolic OH excluding ortho intramolecular Hbond substituents is 1. The van der Waals surface area contributed by atoms with Crippen LogP contribution < -0.4 is 10.5 Å². The van der Waals surface area contributed by atoms with Crippen molar-refractivity contribution in [3.63, 3.8) is 0 Å². The average molecular weight is 458 g/mol. The van der Waals surface area contributed by atoms with Crippen LogP contribution in [0.4, 0.5) is 0 Å². The summed E-state index contributed by atoms with van der Waals surface area (Å²) in [6.07, 6.45) is 0.916. The fraction of sp³-hybridized carbons (Fsp3) is 0.235. The van der Waals surface area contributed by atoms with Crippen LogP contribution in [0.15, 0.2) is 44.4 Å². The molecule has 0 aliphatic carbocycles. The molecule has 2 rings (SSSR count). The van der Waals surface area contributed by atoms with E-state index in [-0.39, 0.29) is 17.5 Å². The number of nitrogens with zero attached hydrogens (tertiary/aromatic N) is 1. The first-order chi connectivity index (χ1) is 11.4. The van der Waals surface area contributed by atoms with Crippen molar-refractivity contribution in [2.45, 2.75) is 26.2 Å². The summed E-state index contributed by atoms with van der Waals surface area (Å²) in [5.74, 6) is 1.67. The van der Waals surface area contributed by atoms with Gasteiger partial charge in [0.2, 0.25) is 0 Å². The molecule has 4 N–H and O–H groups in total. The van der Waals surface area contributed by atoms with Crippen LogP contribution in [0.5, 0.6) is 17.2 Å². The van der Waals surface area contributed by atoms with Gasteiger partial charge in [-0.2, -0.15) is 0 Å². The second-order valence-electron chi connectivity index (χ2n) is 5.39. The first-order valence-corrected chi connectivity index (χ1v) is 8.93. The standard InChI is InChI=1S/C17H18Br2N2O3/c1-3-9(2)12-8-11(4-5-15(12)22)24-16-13(18)6-10(7-14(16)19)17(20)21-23/h4-9,22-23H,3H2,1-2H3,(H2,20,21). The lowest BCUT2D eigenvalue weighted by Gasteiger charge is -2.15. The molecule has 0 fully saturated rings. The maximum atomic E-state index is 10.0. The molecule has 0 heterocycles. The Labute approximate surface area is 157 Å². The third-order valence-electron chi connectivity index (χ3n) is 3.76. The minimum atomic E-state index is 0.00615. The van der Waals surface area contributed by atoms with Gasteiger partial charge in [0.25, 0.3) is 0 Å². The molecule has 0 aromatic heterocycles. The summed E-state index contributed by atoms with van der Waals surface area (Å²) in [6, 6.07) is 8.57. The number of phenols is 1. The van der Waals surface area contributed by atoms with Gasteiger partial charge < -0.3 is 20.8 Å². The number of ether oxygens (including phenoxy) is 1. The molecule has 24 heavy (non-hydrogen) atoms. The summed E-state index contributed by atoms with van der Waals surface area (Å²) in [5, 5.41) is 21.8. The van der Waals surface area contributed by atoms with Crippen LogP contribution in [0.25, 0.3) is 0 Å². The molecule has 128 valence electrons. The van der Waals surface area contributed by atoms with E-state index in [2.05, 4.69) is 50.9 Å². The van der Waals surface area contributed by atoms with E-state index in [1.807, 2.05) is 6.07 Å². The normalized spacial score (nSPS) is 12.9. The van der Waals surface area contributed by atoms with Crippen LogP contribution >= 0.6 is 31.9 Å². The van der Waals surface area contributed by atoms with E-state index >= 15 is 0 Å². The lowest BCUT2D eigenvalue weighted by Crippen LogP contribution is -2.13. The number of rotatable bonds is 5. The third kappa shape index (κ3) is 4.02. The first kappa shape index (κ1) is 18.6. The summed E-state index contributed by atoms with van der Waals surface area (Å²) < 4.78 is 7.25. The Morgan fingerprint density at radius 1 is 1.25 bits per heavy atom. The van der Waals surface area contributed by atoms with E-state index in [1.165, 1.54) is 0 Å². The van der Waals surface area contributed by atoms with Gasteiger partial charge in [-0.05, 0) is 74.5 Å². The Morgan fingerprint density at radius 2 is 1.88 bits per heavy atom. The molecular weight excluding hydrogens is 440 g/mol. The quantitative estimate of drug-likeness (QED) is 0.245. The molecule has 2 aromatic carbocycles. The van der Waals surface area contributed by atoms with E-state index in [1.54, 1.807) is 24.3 Å². The van der Waals surface area contributed by atoms with Crippen LogP contribution in [0.1, 0.15) is 37.3 Å². The summed E-state index contributed by atoms with van der Waals surface area (Å²) in [4.78, 5) is 0. The highest BCUT2D eigenvalue weighted by Crippen LogP contribution is 2.39. The average Bonchev–Trinajstić information content (AvgIpc) is 2.57. The maximum absolute atomic E-state index is 10.0. The summed E-state index contributed by atoms with van der Waals surface area (Å²) in [6.45, 7) is 4.12. The number of amidine groups is 1. The Bertz CT molecular complexity index is 755. The van der Waals surface area contributed by atoms with Crippen molar-refractivity contribution in [2.75, 3.05) is 0 Å². The van der Waals surface area contributed by atoms with Gasteiger partial charge in [0.1, 0.15) is 11.5 Å². The first-order valence-electron chi connectivity index (χ1n) is 7.35. The van der Waals surface area contributed by atoms with Gasteiger partial charge in [-0.3, -0.25) is 0 Å².